The summed E-state index contributed by atoms with van der Waals surface area (Å²) in [5, 5.41) is 13.2. The Kier molecular flexibility index (Phi) is 8.34. The van der Waals surface area contributed by atoms with Gasteiger partial charge in [-0.2, -0.15) is 0 Å². The zero-order chi connectivity index (χ0) is 24.8. The minimum atomic E-state index is -3.11. The summed E-state index contributed by atoms with van der Waals surface area (Å²) in [6, 6.07) is 9.14. The van der Waals surface area contributed by atoms with Gasteiger partial charge in [-0.3, -0.25) is 9.69 Å². The summed E-state index contributed by atoms with van der Waals surface area (Å²) >= 11 is 0. The van der Waals surface area contributed by atoms with Crippen LogP contribution in [0.2, 0.25) is 0 Å². The molecule has 1 fully saturated rings. The van der Waals surface area contributed by atoms with E-state index >= 15 is 0 Å². The van der Waals surface area contributed by atoms with Crippen LogP contribution in [-0.2, 0) is 28.3 Å². The van der Waals surface area contributed by atoms with Gasteiger partial charge < -0.3 is 15.2 Å². The maximum absolute atomic E-state index is 14.1. The Morgan fingerprint density at radius 3 is 2.89 bits per heavy atom. The number of aryl methyl sites for hydroxylation is 2. The number of anilines is 1. The second-order valence-corrected chi connectivity index (χ2v) is 9.64. The Balaban J connectivity index is 1.21. The molecule has 6 nitrogen and oxygen atoms in total. The highest BCUT2D eigenvalue weighted by atomic mass is 19.3. The monoisotopic (exact) mass is 487 g/mol. The molecule has 0 spiro atoms. The molecule has 1 aromatic carbocycles. The van der Waals surface area contributed by atoms with Gasteiger partial charge >= 0.3 is 5.97 Å². The van der Waals surface area contributed by atoms with Crippen LogP contribution in [0.4, 0.5) is 14.6 Å². The summed E-state index contributed by atoms with van der Waals surface area (Å²) in [6.07, 6.45) is 6.79. The Bertz CT molecular complexity index is 1010. The molecule has 0 radical (unpaired) electrons. The van der Waals surface area contributed by atoms with Crippen molar-refractivity contribution in [1.82, 2.24) is 9.88 Å². The minimum absolute atomic E-state index is 0.0838. The number of halogens is 2. The van der Waals surface area contributed by atoms with E-state index in [2.05, 4.69) is 17.4 Å². The molecule has 1 aromatic heterocycles. The van der Waals surface area contributed by atoms with Crippen molar-refractivity contribution in [3.8, 4) is 0 Å². The van der Waals surface area contributed by atoms with Gasteiger partial charge in [0, 0.05) is 44.4 Å². The molecule has 2 N–H and O–H groups in total. The number of ether oxygens (including phenoxy) is 1. The lowest BCUT2D eigenvalue weighted by Gasteiger charge is -2.27. The van der Waals surface area contributed by atoms with Gasteiger partial charge in [-0.05, 0) is 55.7 Å². The average Bonchev–Trinajstić information content (AvgIpc) is 3.29. The Morgan fingerprint density at radius 2 is 2.09 bits per heavy atom. The number of aromatic nitrogens is 1. The highest BCUT2D eigenvalue weighted by molar-refractivity contribution is 5.76. The second kappa shape index (κ2) is 11.4. The first-order chi connectivity index (χ1) is 16.8. The van der Waals surface area contributed by atoms with Crippen LogP contribution in [0, 0.1) is 0 Å². The number of unbranched alkanes of at least 4 members (excludes halogenated alkanes) is 2. The number of benzene rings is 1. The Morgan fingerprint density at radius 1 is 1.26 bits per heavy atom. The average molecular weight is 488 g/mol. The van der Waals surface area contributed by atoms with Gasteiger partial charge in [0.2, 0.25) is 0 Å². The predicted molar refractivity (Wildman–Crippen MR) is 131 cm³/mol. The molecule has 0 unspecified atom stereocenters. The van der Waals surface area contributed by atoms with Crippen LogP contribution >= 0.6 is 0 Å². The molecular formula is C27H35F2N3O3. The number of alkyl halides is 2. The molecule has 35 heavy (non-hydrogen) atoms. The van der Waals surface area contributed by atoms with Crippen molar-refractivity contribution in [2.24, 2.45) is 0 Å². The lowest BCUT2D eigenvalue weighted by atomic mass is 9.95. The summed E-state index contributed by atoms with van der Waals surface area (Å²) in [6.45, 7) is 3.33. The summed E-state index contributed by atoms with van der Waals surface area (Å²) in [7, 11) is 0. The smallest absolute Gasteiger partial charge is 0.325 e. The van der Waals surface area contributed by atoms with Crippen molar-refractivity contribution in [2.45, 2.75) is 69.9 Å². The van der Waals surface area contributed by atoms with Gasteiger partial charge in [-0.1, -0.05) is 36.8 Å². The Hall–Kier alpha value is -2.58. The molecule has 8 heteroatoms. The van der Waals surface area contributed by atoms with E-state index in [0.717, 1.165) is 63.5 Å². The maximum Gasteiger partial charge on any atom is 0.325 e. The van der Waals surface area contributed by atoms with E-state index in [-0.39, 0.29) is 17.2 Å². The number of carboxylic acid groups (broad SMARTS) is 1. The van der Waals surface area contributed by atoms with Crippen molar-refractivity contribution in [1.29, 1.82) is 0 Å². The van der Waals surface area contributed by atoms with Crippen LogP contribution in [0.5, 0.6) is 0 Å². The first-order valence-electron chi connectivity index (χ1n) is 12.6. The Labute approximate surface area is 205 Å². The third-order valence-electron chi connectivity index (χ3n) is 6.89. The number of fused-ring (bicyclic) bond motifs is 1. The normalized spacial score (nSPS) is 19.2. The maximum atomic E-state index is 14.1. The minimum Gasteiger partial charge on any atom is -0.480 e. The third-order valence-corrected chi connectivity index (χ3v) is 6.89. The number of rotatable bonds is 11. The number of carbonyl (C=O) groups is 1. The molecule has 0 amide bonds. The highest BCUT2D eigenvalue weighted by Crippen LogP contribution is 2.36. The van der Waals surface area contributed by atoms with E-state index in [9.17, 15) is 18.7 Å². The SMILES string of the molecule is CC(F)(F)c1ccccc1[C@@H](C(=O)O)N1CC[C@@H](OCCCCCc2ccc3c(n2)NCCC3)C1. The molecule has 0 saturated carbocycles. The molecule has 0 aliphatic carbocycles. The number of aliphatic carboxylic acids is 1. The second-order valence-electron chi connectivity index (χ2n) is 9.64. The predicted octanol–water partition coefficient (Wildman–Crippen LogP) is 5.18. The van der Waals surface area contributed by atoms with Gasteiger partial charge in [0.05, 0.1) is 6.10 Å². The number of hydrogen-bond acceptors (Lipinski definition) is 5. The quantitative estimate of drug-likeness (QED) is 0.426. The highest BCUT2D eigenvalue weighted by Gasteiger charge is 2.38. The summed E-state index contributed by atoms with van der Waals surface area (Å²) in [5.41, 5.74) is 2.33. The first kappa shape index (κ1) is 25.5. The number of pyridine rings is 1. The number of likely N-dealkylation sites (tertiary alicyclic amines) is 1. The van der Waals surface area contributed by atoms with E-state index in [4.69, 9.17) is 9.72 Å². The van der Waals surface area contributed by atoms with Crippen molar-refractivity contribution >= 4 is 11.8 Å². The third kappa shape index (κ3) is 6.55. The zero-order valence-electron chi connectivity index (χ0n) is 20.3. The molecule has 4 rings (SSSR count). The molecule has 2 atom stereocenters. The van der Waals surface area contributed by atoms with E-state index in [1.807, 2.05) is 0 Å². The van der Waals surface area contributed by atoms with Gasteiger partial charge in [-0.25, -0.2) is 13.8 Å². The van der Waals surface area contributed by atoms with E-state index in [1.54, 1.807) is 11.0 Å². The van der Waals surface area contributed by atoms with Crippen LogP contribution in [0.25, 0.3) is 0 Å². The number of nitrogens with zero attached hydrogens (tertiary/aromatic N) is 2. The van der Waals surface area contributed by atoms with E-state index in [0.29, 0.717) is 26.1 Å². The fourth-order valence-corrected chi connectivity index (χ4v) is 5.09. The fourth-order valence-electron chi connectivity index (χ4n) is 5.09. The largest absolute Gasteiger partial charge is 0.480 e. The van der Waals surface area contributed by atoms with Crippen molar-refractivity contribution in [3.05, 3.63) is 58.8 Å². The summed E-state index contributed by atoms with van der Waals surface area (Å²) in [4.78, 5) is 18.5. The standard InChI is InChI=1S/C27H35F2N3O3/c1-27(28,29)23-11-5-4-10-22(23)24(26(33)34)32-16-14-21(18-32)35-17-6-2-3-9-20-13-12-19-8-7-15-30-25(19)31-20/h4-5,10-13,21,24H,2-3,6-9,14-18H2,1H3,(H,30,31)(H,33,34)/t21-,24+/m1/s1. The number of nitrogens with one attached hydrogen (secondary N) is 1. The molecular weight excluding hydrogens is 452 g/mol. The number of carboxylic acids is 1. The topological polar surface area (TPSA) is 74.7 Å². The summed E-state index contributed by atoms with van der Waals surface area (Å²) in [5.74, 6) is -3.19. The van der Waals surface area contributed by atoms with Gasteiger partial charge in [0.25, 0.3) is 5.92 Å². The van der Waals surface area contributed by atoms with Gasteiger partial charge in [0.15, 0.2) is 0 Å². The summed E-state index contributed by atoms with van der Waals surface area (Å²) < 4.78 is 34.2. The van der Waals surface area contributed by atoms with E-state index < -0.39 is 17.9 Å². The molecule has 190 valence electrons. The first-order valence-corrected chi connectivity index (χ1v) is 12.6. The van der Waals surface area contributed by atoms with Crippen molar-refractivity contribution < 1.29 is 23.4 Å². The molecule has 3 heterocycles. The molecule has 1 saturated heterocycles. The number of hydrogen-bond donors (Lipinski definition) is 2. The van der Waals surface area contributed by atoms with Crippen LogP contribution < -0.4 is 5.32 Å². The van der Waals surface area contributed by atoms with Crippen molar-refractivity contribution in [3.63, 3.8) is 0 Å². The van der Waals surface area contributed by atoms with Crippen molar-refractivity contribution in [2.75, 3.05) is 31.6 Å². The zero-order valence-corrected chi connectivity index (χ0v) is 20.3. The lowest BCUT2D eigenvalue weighted by molar-refractivity contribution is -0.143. The van der Waals surface area contributed by atoms with Crippen LogP contribution in [0.15, 0.2) is 36.4 Å². The van der Waals surface area contributed by atoms with Gasteiger partial charge in [0.1, 0.15) is 11.9 Å². The van der Waals surface area contributed by atoms with Gasteiger partial charge in [-0.15, -0.1) is 0 Å². The molecule has 2 aromatic rings. The molecule has 2 aliphatic rings. The molecule has 0 bridgehead atoms. The van der Waals surface area contributed by atoms with Crippen LogP contribution in [0.1, 0.15) is 67.5 Å². The fraction of sp³-hybridized carbons (Fsp3) is 0.556. The van der Waals surface area contributed by atoms with Crippen LogP contribution in [-0.4, -0.2) is 53.3 Å². The van der Waals surface area contributed by atoms with Crippen LogP contribution in [0.3, 0.4) is 0 Å². The van der Waals surface area contributed by atoms with E-state index in [1.165, 1.54) is 23.8 Å². The lowest BCUT2D eigenvalue weighted by Crippen LogP contribution is -2.35. The molecule has 2 aliphatic heterocycles.